The molecule has 29 heavy (non-hydrogen) atoms. The normalized spacial score (nSPS) is 13.1. The minimum Gasteiger partial charge on any atom is -0.127 e. The van der Waals surface area contributed by atoms with E-state index in [-0.39, 0.29) is 0 Å². The number of aryl methyl sites for hydroxylation is 5. The van der Waals surface area contributed by atoms with Gasteiger partial charge in [-0.15, -0.1) is 9.36 Å². The van der Waals surface area contributed by atoms with Crippen LogP contribution in [0.5, 0.6) is 0 Å². The average molecular weight is 385 g/mol. The summed E-state index contributed by atoms with van der Waals surface area (Å²) < 4.78 is 28.2. The lowest BCUT2D eigenvalue weighted by atomic mass is 9.93. The van der Waals surface area contributed by atoms with Crippen LogP contribution in [0.15, 0.2) is 66.9 Å². The van der Waals surface area contributed by atoms with Gasteiger partial charge in [-0.05, 0) is 75.0 Å². The first kappa shape index (κ1) is 15.8. The van der Waals surface area contributed by atoms with Crippen molar-refractivity contribution < 1.29 is 8.79 Å². The number of hydrogen-bond donors (Lipinski definition) is 0. The number of hydrogen-bond acceptors (Lipinski definition) is 0. The van der Waals surface area contributed by atoms with Crippen LogP contribution in [0.3, 0.4) is 0 Å². The van der Waals surface area contributed by atoms with Gasteiger partial charge in [-0.25, -0.2) is 0 Å². The maximum absolute atomic E-state index is 7.96. The minimum atomic E-state index is -2.16. The zero-order valence-electron chi connectivity index (χ0n) is 20.7. The summed E-state index contributed by atoms with van der Waals surface area (Å²) in [6.07, 6.45) is 2.17. The fraction of sp³-hybridized carbons (Fsp3) is 0.222. The fourth-order valence-corrected chi connectivity index (χ4v) is 4.29. The Balaban J connectivity index is 2.09. The predicted molar refractivity (Wildman–Crippen MR) is 122 cm³/mol. The molecule has 0 unspecified atom stereocenters. The number of benzene rings is 3. The van der Waals surface area contributed by atoms with E-state index in [0.29, 0.717) is 5.56 Å². The van der Waals surface area contributed by atoms with Crippen LogP contribution >= 0.6 is 0 Å². The molecule has 2 heteroatoms. The first-order chi connectivity index (χ1) is 15.1. The van der Waals surface area contributed by atoms with E-state index in [9.17, 15) is 0 Å². The van der Waals surface area contributed by atoms with Crippen LogP contribution in [0.1, 0.15) is 31.9 Å². The predicted octanol–water partition coefficient (Wildman–Crippen LogP) is 6.18. The molecule has 0 spiro atoms. The molecule has 146 valence electrons. The number of para-hydroxylation sites is 1. The molecule has 0 fully saturated rings. The molecule has 0 saturated carbocycles. The highest BCUT2D eigenvalue weighted by molar-refractivity contribution is 5.82. The molecule has 4 aromatic rings. The molecule has 0 radical (unpaired) electrons. The van der Waals surface area contributed by atoms with Crippen molar-refractivity contribution in [3.63, 3.8) is 0 Å². The summed E-state index contributed by atoms with van der Waals surface area (Å²) in [5.41, 5.74) is 10.1. The van der Waals surface area contributed by atoms with E-state index in [1.165, 1.54) is 22.3 Å². The van der Waals surface area contributed by atoms with Crippen LogP contribution < -0.4 is 4.68 Å². The van der Waals surface area contributed by atoms with E-state index in [2.05, 4.69) is 72.7 Å². The highest BCUT2D eigenvalue weighted by atomic mass is 15.4. The second kappa shape index (κ2) is 7.36. The highest BCUT2D eigenvalue weighted by Gasteiger charge is 2.27. The van der Waals surface area contributed by atoms with Gasteiger partial charge in [-0.2, -0.15) is 0 Å². The van der Waals surface area contributed by atoms with Gasteiger partial charge >= 0.3 is 0 Å². The Hall–Kier alpha value is -3.13. The molecular formula is C27H29N2+. The second-order valence-corrected chi connectivity index (χ2v) is 7.90. The molecule has 1 aromatic heterocycles. The first-order valence-corrected chi connectivity index (χ1v) is 9.94. The lowest BCUT2D eigenvalue weighted by molar-refractivity contribution is -0.734. The van der Waals surface area contributed by atoms with E-state index in [1.54, 1.807) is 6.07 Å². The van der Waals surface area contributed by atoms with Crippen molar-refractivity contribution in [3.8, 4) is 28.1 Å². The van der Waals surface area contributed by atoms with Crippen LogP contribution in [0, 0.1) is 34.5 Å². The first-order valence-electron chi connectivity index (χ1n) is 11.4. The van der Waals surface area contributed by atoms with Gasteiger partial charge in [-0.1, -0.05) is 53.6 Å². The zero-order valence-corrected chi connectivity index (χ0v) is 17.7. The Bertz CT molecular complexity index is 1290. The van der Waals surface area contributed by atoms with E-state index in [0.717, 1.165) is 28.1 Å². The van der Waals surface area contributed by atoms with Crippen LogP contribution in [0.25, 0.3) is 28.1 Å². The van der Waals surface area contributed by atoms with Crippen molar-refractivity contribution in [1.82, 2.24) is 4.68 Å². The van der Waals surface area contributed by atoms with Crippen molar-refractivity contribution in [2.24, 2.45) is 7.05 Å². The van der Waals surface area contributed by atoms with Gasteiger partial charge in [0.2, 0.25) is 5.69 Å². The Morgan fingerprint density at radius 1 is 0.793 bits per heavy atom. The van der Waals surface area contributed by atoms with Crippen LogP contribution in [-0.2, 0) is 7.05 Å². The van der Waals surface area contributed by atoms with E-state index >= 15 is 0 Å². The Kier molecular flexibility index (Phi) is 4.00. The summed E-state index contributed by atoms with van der Waals surface area (Å²) in [4.78, 5) is 0. The van der Waals surface area contributed by atoms with Crippen molar-refractivity contribution in [3.05, 3.63) is 94.7 Å². The lowest BCUT2D eigenvalue weighted by Crippen LogP contribution is -2.39. The fourth-order valence-electron chi connectivity index (χ4n) is 4.29. The van der Waals surface area contributed by atoms with Gasteiger partial charge in [0.15, 0.2) is 7.05 Å². The van der Waals surface area contributed by atoms with Crippen LogP contribution in [-0.4, -0.2) is 4.68 Å². The van der Waals surface area contributed by atoms with E-state index < -0.39 is 6.85 Å². The molecule has 4 rings (SSSR count). The quantitative estimate of drug-likeness (QED) is 0.373. The number of nitrogens with zero attached hydrogens (tertiary/aromatic N) is 2. The van der Waals surface area contributed by atoms with Gasteiger partial charge in [0.25, 0.3) is 0 Å². The summed E-state index contributed by atoms with van der Waals surface area (Å²) in [5, 5.41) is 0. The molecular weight excluding hydrogens is 352 g/mol. The monoisotopic (exact) mass is 384 g/mol. The van der Waals surface area contributed by atoms with Crippen molar-refractivity contribution in [2.45, 2.75) is 34.5 Å². The molecule has 2 nitrogen and oxygen atoms in total. The third-order valence-corrected chi connectivity index (χ3v) is 5.62. The molecule has 1 heterocycles. The lowest BCUT2D eigenvalue weighted by Gasteiger charge is -2.09. The van der Waals surface area contributed by atoms with Crippen molar-refractivity contribution in [1.29, 1.82) is 0 Å². The van der Waals surface area contributed by atoms with Gasteiger partial charge in [0.05, 0.1) is 11.8 Å². The summed E-state index contributed by atoms with van der Waals surface area (Å²) >= 11 is 0. The van der Waals surface area contributed by atoms with Gasteiger partial charge < -0.3 is 0 Å². The highest BCUT2D eigenvalue weighted by Crippen LogP contribution is 2.35. The molecule has 3 aromatic carbocycles. The summed E-state index contributed by atoms with van der Waals surface area (Å²) in [6, 6.07) is 20.3. The van der Waals surface area contributed by atoms with Gasteiger partial charge in [0.1, 0.15) is 5.69 Å². The van der Waals surface area contributed by atoms with E-state index in [4.69, 9.17) is 4.11 Å². The topological polar surface area (TPSA) is 8.81 Å². The molecule has 0 amide bonds. The summed E-state index contributed by atoms with van der Waals surface area (Å²) in [5.74, 6) is 0. The summed E-state index contributed by atoms with van der Waals surface area (Å²) in [7, 11) is 2.04. The van der Waals surface area contributed by atoms with Crippen LogP contribution in [0.4, 0.5) is 0 Å². The number of aromatic nitrogens is 2. The summed E-state index contributed by atoms with van der Waals surface area (Å²) in [6.45, 7) is 6.15. The maximum atomic E-state index is 7.96. The standard InChI is InChI=1S/C27H29N2/c1-18-14-19(2)16-23(15-18)27-24(26-21(4)11-9-12-22(26)5)17-29(28(27)6)25-13-8-7-10-20(25)3/h7-17H,1-6H3/q+1/i1D3. The third kappa shape index (κ3) is 3.40. The zero-order chi connectivity index (χ0) is 23.2. The molecule has 0 atom stereocenters. The SMILES string of the molecule is [2H]C([2H])([2H])c1cc(C)cc(-c2c(-c3c(C)cccc3C)cn(-c3ccccc3C)[n+]2C)c1. The smallest absolute Gasteiger partial charge is 0.127 e. The van der Waals surface area contributed by atoms with E-state index in [1.807, 2.05) is 32.2 Å². The largest absolute Gasteiger partial charge is 0.246 e. The van der Waals surface area contributed by atoms with Crippen LogP contribution in [0.2, 0.25) is 0 Å². The molecule has 0 aliphatic rings. The second-order valence-electron chi connectivity index (χ2n) is 7.90. The molecule has 0 N–H and O–H groups in total. The minimum absolute atomic E-state index is 0.364. The molecule has 0 aliphatic heterocycles. The molecule has 0 aliphatic carbocycles. The molecule has 0 saturated heterocycles. The van der Waals surface area contributed by atoms with Crippen molar-refractivity contribution >= 4 is 0 Å². The van der Waals surface area contributed by atoms with Gasteiger partial charge in [-0.3, -0.25) is 0 Å². The maximum Gasteiger partial charge on any atom is 0.246 e. The molecule has 0 bridgehead atoms. The Morgan fingerprint density at radius 2 is 1.45 bits per heavy atom. The number of rotatable bonds is 3. The van der Waals surface area contributed by atoms with Crippen molar-refractivity contribution in [2.75, 3.05) is 0 Å². The third-order valence-electron chi connectivity index (χ3n) is 5.62. The Labute approximate surface area is 178 Å². The average Bonchev–Trinajstić information content (AvgIpc) is 3.03. The van der Waals surface area contributed by atoms with Gasteiger partial charge in [0, 0.05) is 9.68 Å². The Morgan fingerprint density at radius 3 is 2.14 bits per heavy atom.